The highest BCUT2D eigenvalue weighted by Crippen LogP contribution is 2.28. The predicted molar refractivity (Wildman–Crippen MR) is 125 cm³/mol. The maximum Gasteiger partial charge on any atom is 0.261 e. The highest BCUT2D eigenvalue weighted by atomic mass is 32.1. The van der Waals surface area contributed by atoms with Gasteiger partial charge in [-0.15, -0.1) is 11.3 Å². The minimum Gasteiger partial charge on any atom is -0.398 e. The van der Waals surface area contributed by atoms with Crippen LogP contribution in [-0.2, 0) is 17.8 Å². The van der Waals surface area contributed by atoms with Crippen molar-refractivity contribution in [3.05, 3.63) is 50.7 Å². The molecule has 1 aliphatic rings. The van der Waals surface area contributed by atoms with Gasteiger partial charge >= 0.3 is 0 Å². The Morgan fingerprint density at radius 3 is 2.72 bits per heavy atom. The molecule has 1 aliphatic heterocycles. The molecule has 2 heterocycles. The molecule has 0 fully saturated rings. The number of rotatable bonds is 8. The number of nitrogens with zero attached hydrogens (tertiary/aromatic N) is 2. The molecule has 3 amide bonds. The molecule has 0 unspecified atom stereocenters. The van der Waals surface area contributed by atoms with Crippen LogP contribution in [-0.4, -0.2) is 74.0 Å². The van der Waals surface area contributed by atoms with E-state index in [4.69, 9.17) is 11.1 Å². The Morgan fingerprint density at radius 1 is 1.22 bits per heavy atom. The van der Waals surface area contributed by atoms with Gasteiger partial charge in [0.25, 0.3) is 11.8 Å². The van der Waals surface area contributed by atoms with Gasteiger partial charge in [0.2, 0.25) is 5.91 Å². The Balaban J connectivity index is 1.54. The van der Waals surface area contributed by atoms with Crippen molar-refractivity contribution in [2.75, 3.05) is 46.0 Å². The first-order chi connectivity index (χ1) is 15.3. The van der Waals surface area contributed by atoms with Crippen LogP contribution < -0.4 is 16.4 Å². The fraction of sp³-hybridized carbons (Fsp3) is 0.364. The molecule has 0 spiro atoms. The van der Waals surface area contributed by atoms with Crippen molar-refractivity contribution in [1.82, 2.24) is 20.4 Å². The minimum atomic E-state index is -0.397. The lowest BCUT2D eigenvalue weighted by molar-refractivity contribution is -0.131. The number of amides is 3. The van der Waals surface area contributed by atoms with E-state index in [1.54, 1.807) is 17.0 Å². The van der Waals surface area contributed by atoms with Gasteiger partial charge in [-0.25, -0.2) is 0 Å². The van der Waals surface area contributed by atoms with Crippen LogP contribution in [0.3, 0.4) is 0 Å². The van der Waals surface area contributed by atoms with Crippen molar-refractivity contribution in [3.8, 4) is 0 Å². The summed E-state index contributed by atoms with van der Waals surface area (Å²) in [6.07, 6.45) is 1.77. The molecular weight excluding hydrogens is 428 g/mol. The summed E-state index contributed by atoms with van der Waals surface area (Å²) in [5.74, 6) is -0.676. The Kier molecular flexibility index (Phi) is 7.60. The van der Waals surface area contributed by atoms with E-state index in [1.165, 1.54) is 17.4 Å². The topological polar surface area (TPSA) is 132 Å². The lowest BCUT2D eigenvalue weighted by Gasteiger charge is -2.27. The van der Waals surface area contributed by atoms with E-state index in [9.17, 15) is 14.4 Å². The standard InChI is InChI=1S/C22H28N6O3S/c1-27(2)8-6-25-22(31)19-10-16-13-28(7-5-18(16)32-19)20(29)12-26-21(30)14-3-4-17(24)15(9-14)11-23/h3-4,9-11,23H,5-8,12-13,24H2,1-2H3,(H,25,31)(H,26,30). The van der Waals surface area contributed by atoms with Crippen LogP contribution in [0.1, 0.15) is 36.0 Å². The van der Waals surface area contributed by atoms with Crippen molar-refractivity contribution >= 4 is 41.0 Å². The molecule has 0 saturated heterocycles. The first-order valence-corrected chi connectivity index (χ1v) is 11.1. The molecule has 0 aliphatic carbocycles. The highest BCUT2D eigenvalue weighted by molar-refractivity contribution is 7.14. The van der Waals surface area contributed by atoms with Gasteiger partial charge < -0.3 is 31.6 Å². The van der Waals surface area contributed by atoms with Crippen molar-refractivity contribution in [1.29, 1.82) is 5.41 Å². The summed E-state index contributed by atoms with van der Waals surface area (Å²) < 4.78 is 0. The number of fused-ring (bicyclic) bond motifs is 1. The Bertz CT molecular complexity index is 1030. The van der Waals surface area contributed by atoms with Gasteiger partial charge in [0.1, 0.15) is 0 Å². The molecule has 32 heavy (non-hydrogen) atoms. The number of benzene rings is 1. The van der Waals surface area contributed by atoms with E-state index in [2.05, 4.69) is 10.6 Å². The maximum atomic E-state index is 12.6. The molecule has 0 radical (unpaired) electrons. The number of nitrogens with one attached hydrogen (secondary N) is 3. The molecule has 1 aromatic heterocycles. The second-order valence-corrected chi connectivity index (χ2v) is 8.99. The number of likely N-dealkylation sites (N-methyl/N-ethyl adjacent to an activating group) is 1. The molecule has 5 N–H and O–H groups in total. The van der Waals surface area contributed by atoms with E-state index in [0.29, 0.717) is 47.7 Å². The molecule has 3 rings (SSSR count). The third-order valence-corrected chi connectivity index (χ3v) is 6.43. The molecule has 10 heteroatoms. The summed E-state index contributed by atoms with van der Waals surface area (Å²) in [6, 6.07) is 6.50. The van der Waals surface area contributed by atoms with Gasteiger partial charge in [-0.2, -0.15) is 0 Å². The van der Waals surface area contributed by atoms with Crippen molar-refractivity contribution in [2.45, 2.75) is 13.0 Å². The summed E-state index contributed by atoms with van der Waals surface area (Å²) in [5, 5.41) is 12.9. The summed E-state index contributed by atoms with van der Waals surface area (Å²) in [6.45, 7) is 2.19. The first-order valence-electron chi connectivity index (χ1n) is 10.3. The summed E-state index contributed by atoms with van der Waals surface area (Å²) in [7, 11) is 3.90. The van der Waals surface area contributed by atoms with Crippen molar-refractivity contribution in [2.24, 2.45) is 0 Å². The van der Waals surface area contributed by atoms with Gasteiger partial charge in [-0.05, 0) is 50.3 Å². The molecule has 0 atom stereocenters. The molecule has 9 nitrogen and oxygen atoms in total. The Labute approximate surface area is 191 Å². The molecular formula is C22H28N6O3S. The van der Waals surface area contributed by atoms with Gasteiger partial charge in [0.15, 0.2) is 0 Å². The number of hydrogen-bond donors (Lipinski definition) is 4. The van der Waals surface area contributed by atoms with Gasteiger partial charge in [-0.3, -0.25) is 14.4 Å². The normalized spacial score (nSPS) is 12.9. The summed E-state index contributed by atoms with van der Waals surface area (Å²) in [4.78, 5) is 42.9. The Morgan fingerprint density at radius 2 is 2.00 bits per heavy atom. The fourth-order valence-corrected chi connectivity index (χ4v) is 4.43. The Hall–Kier alpha value is -3.24. The van der Waals surface area contributed by atoms with Crippen LogP contribution >= 0.6 is 11.3 Å². The maximum absolute atomic E-state index is 12.6. The molecule has 0 bridgehead atoms. The smallest absolute Gasteiger partial charge is 0.261 e. The molecule has 0 saturated carbocycles. The lowest BCUT2D eigenvalue weighted by Crippen LogP contribution is -2.42. The van der Waals surface area contributed by atoms with Crippen molar-refractivity contribution < 1.29 is 14.4 Å². The monoisotopic (exact) mass is 456 g/mol. The van der Waals surface area contributed by atoms with E-state index in [-0.39, 0.29) is 18.4 Å². The predicted octanol–water partition coefficient (Wildman–Crippen LogP) is 0.934. The largest absolute Gasteiger partial charge is 0.398 e. The first kappa shape index (κ1) is 23.4. The fourth-order valence-electron chi connectivity index (χ4n) is 3.35. The van der Waals surface area contributed by atoms with Crippen LogP contribution in [0.4, 0.5) is 5.69 Å². The third kappa shape index (κ3) is 5.71. The van der Waals surface area contributed by atoms with Gasteiger partial charge in [-0.1, -0.05) is 0 Å². The van der Waals surface area contributed by atoms with Crippen molar-refractivity contribution in [3.63, 3.8) is 0 Å². The van der Waals surface area contributed by atoms with Gasteiger partial charge in [0.05, 0.1) is 11.4 Å². The molecule has 2 aromatic rings. The van der Waals surface area contributed by atoms with Crippen LogP contribution in [0.25, 0.3) is 0 Å². The number of anilines is 1. The average Bonchev–Trinajstić information content (AvgIpc) is 3.20. The zero-order chi connectivity index (χ0) is 23.3. The minimum absolute atomic E-state index is 0.0934. The van der Waals surface area contributed by atoms with Crippen LogP contribution in [0, 0.1) is 5.41 Å². The number of hydrogen-bond acceptors (Lipinski definition) is 7. The van der Waals surface area contributed by atoms with Crippen LogP contribution in [0.15, 0.2) is 24.3 Å². The van der Waals surface area contributed by atoms with E-state index < -0.39 is 5.91 Å². The number of thiophene rings is 1. The van der Waals surface area contributed by atoms with E-state index in [0.717, 1.165) is 23.2 Å². The second kappa shape index (κ2) is 10.4. The number of carbonyl (C=O) groups excluding carboxylic acids is 3. The lowest BCUT2D eigenvalue weighted by atomic mass is 10.1. The van der Waals surface area contributed by atoms with Gasteiger partial charge in [0, 0.05) is 54.1 Å². The number of carbonyl (C=O) groups is 3. The molecule has 1 aromatic carbocycles. The van der Waals surface area contributed by atoms with E-state index >= 15 is 0 Å². The highest BCUT2D eigenvalue weighted by Gasteiger charge is 2.24. The van der Waals surface area contributed by atoms with Crippen LogP contribution in [0.5, 0.6) is 0 Å². The average molecular weight is 457 g/mol. The van der Waals surface area contributed by atoms with Crippen LogP contribution in [0.2, 0.25) is 0 Å². The number of nitrogen functional groups attached to an aromatic ring is 1. The zero-order valence-electron chi connectivity index (χ0n) is 18.2. The number of nitrogens with two attached hydrogens (primary N) is 1. The van der Waals surface area contributed by atoms with E-state index in [1.807, 2.05) is 25.1 Å². The molecule has 170 valence electrons. The third-order valence-electron chi connectivity index (χ3n) is 5.19. The second-order valence-electron chi connectivity index (χ2n) is 7.85. The quantitative estimate of drug-likeness (QED) is 0.347. The SMILES string of the molecule is CN(C)CCNC(=O)c1cc2c(s1)CCN(C(=O)CNC(=O)c1ccc(N)c(C=N)c1)C2. The zero-order valence-corrected chi connectivity index (χ0v) is 19.1. The summed E-state index contributed by atoms with van der Waals surface area (Å²) >= 11 is 1.47. The summed E-state index contributed by atoms with van der Waals surface area (Å²) in [5.41, 5.74) is 7.93.